The smallest absolute Gasteiger partial charge is 0.123 e. The Morgan fingerprint density at radius 1 is 1.47 bits per heavy atom. The van der Waals surface area contributed by atoms with Gasteiger partial charge in [-0.05, 0) is 49.6 Å². The summed E-state index contributed by atoms with van der Waals surface area (Å²) in [6.07, 6.45) is -0.583. The second-order valence-corrected chi connectivity index (χ2v) is 6.21. The fourth-order valence-corrected chi connectivity index (χ4v) is 3.15. The highest BCUT2D eigenvalue weighted by Crippen LogP contribution is 2.46. The van der Waals surface area contributed by atoms with Gasteiger partial charge in [0.2, 0.25) is 0 Å². The Morgan fingerprint density at radius 3 is 2.80 bits per heavy atom. The van der Waals surface area contributed by atoms with Gasteiger partial charge in [0, 0.05) is 10.5 Å². The zero-order chi connectivity index (χ0) is 11.2. The van der Waals surface area contributed by atoms with Gasteiger partial charge in [-0.15, -0.1) is 11.8 Å². The van der Waals surface area contributed by atoms with Crippen molar-refractivity contribution >= 4 is 11.8 Å². The summed E-state index contributed by atoms with van der Waals surface area (Å²) in [5, 5.41) is 10.2. The standard InChI is InChI=1S/C12H15FOS/c1-7-4-8(13)5-9-10(7)6-15-12(2,3)11(9)14/h4-5,11,14H,6H2,1-3H3. The van der Waals surface area contributed by atoms with Crippen molar-refractivity contribution in [2.75, 3.05) is 0 Å². The molecule has 0 aliphatic carbocycles. The highest BCUT2D eigenvalue weighted by atomic mass is 32.2. The topological polar surface area (TPSA) is 20.2 Å². The zero-order valence-corrected chi connectivity index (χ0v) is 9.99. The average Bonchev–Trinajstić information content (AvgIpc) is 2.12. The monoisotopic (exact) mass is 226 g/mol. The van der Waals surface area contributed by atoms with Crippen LogP contribution in [-0.2, 0) is 5.75 Å². The molecular weight excluding hydrogens is 211 g/mol. The quantitative estimate of drug-likeness (QED) is 0.733. The number of benzene rings is 1. The minimum absolute atomic E-state index is 0.229. The second kappa shape index (κ2) is 3.49. The van der Waals surface area contributed by atoms with Crippen LogP contribution in [-0.4, -0.2) is 9.85 Å². The summed E-state index contributed by atoms with van der Waals surface area (Å²) < 4.78 is 13.0. The van der Waals surface area contributed by atoms with Crippen LogP contribution in [0.3, 0.4) is 0 Å². The lowest BCUT2D eigenvalue weighted by Crippen LogP contribution is -2.30. The second-order valence-electron chi connectivity index (χ2n) is 4.59. The molecule has 1 unspecified atom stereocenters. The van der Waals surface area contributed by atoms with Crippen LogP contribution in [0.1, 0.15) is 36.6 Å². The molecule has 0 saturated heterocycles. The van der Waals surface area contributed by atoms with Crippen molar-refractivity contribution in [2.24, 2.45) is 0 Å². The molecule has 1 N–H and O–H groups in total. The lowest BCUT2D eigenvalue weighted by molar-refractivity contribution is 0.141. The van der Waals surface area contributed by atoms with Gasteiger partial charge in [0.1, 0.15) is 5.82 Å². The van der Waals surface area contributed by atoms with Crippen LogP contribution in [0.25, 0.3) is 0 Å². The number of halogens is 1. The van der Waals surface area contributed by atoms with E-state index in [9.17, 15) is 9.50 Å². The first-order chi connectivity index (χ1) is 6.92. The molecule has 1 aliphatic heterocycles. The van der Waals surface area contributed by atoms with Crippen LogP contribution >= 0.6 is 11.8 Å². The van der Waals surface area contributed by atoms with Crippen LogP contribution in [0.15, 0.2) is 12.1 Å². The summed E-state index contributed by atoms with van der Waals surface area (Å²) in [6.45, 7) is 5.88. The average molecular weight is 226 g/mol. The normalized spacial score (nSPS) is 23.7. The molecule has 1 heterocycles. The number of aliphatic hydroxyl groups excluding tert-OH is 1. The third kappa shape index (κ3) is 1.79. The number of aryl methyl sites for hydroxylation is 1. The van der Waals surface area contributed by atoms with Gasteiger partial charge in [-0.1, -0.05) is 0 Å². The van der Waals surface area contributed by atoms with Crippen molar-refractivity contribution in [3.05, 3.63) is 34.6 Å². The van der Waals surface area contributed by atoms with E-state index < -0.39 is 6.10 Å². The maximum absolute atomic E-state index is 13.3. The van der Waals surface area contributed by atoms with Gasteiger partial charge in [0.15, 0.2) is 0 Å². The molecule has 0 aromatic heterocycles. The summed E-state index contributed by atoms with van der Waals surface area (Å²) in [4.78, 5) is 0. The maximum atomic E-state index is 13.3. The van der Waals surface area contributed by atoms with Gasteiger partial charge in [0.05, 0.1) is 6.10 Å². The Labute approximate surface area is 93.7 Å². The van der Waals surface area contributed by atoms with Crippen LogP contribution in [0.4, 0.5) is 4.39 Å². The van der Waals surface area contributed by atoms with Crippen LogP contribution in [0, 0.1) is 12.7 Å². The number of thioether (sulfide) groups is 1. The van der Waals surface area contributed by atoms with Crippen molar-refractivity contribution in [3.63, 3.8) is 0 Å². The first-order valence-corrected chi connectivity index (χ1v) is 6.01. The summed E-state index contributed by atoms with van der Waals surface area (Å²) in [5.74, 6) is 0.596. The molecule has 1 aromatic carbocycles. The highest BCUT2D eigenvalue weighted by Gasteiger charge is 2.36. The predicted octanol–water partition coefficient (Wildman–Crippen LogP) is 3.19. The Hall–Kier alpha value is -0.540. The van der Waals surface area contributed by atoms with E-state index >= 15 is 0 Å². The van der Waals surface area contributed by atoms with Crippen LogP contribution in [0.5, 0.6) is 0 Å². The summed E-state index contributed by atoms with van der Waals surface area (Å²) in [7, 11) is 0. The molecule has 0 radical (unpaired) electrons. The van der Waals surface area contributed by atoms with Gasteiger partial charge in [-0.25, -0.2) is 4.39 Å². The SMILES string of the molecule is Cc1cc(F)cc2c1CSC(C)(C)C2O. The number of aliphatic hydroxyl groups is 1. The molecular formula is C12H15FOS. The fourth-order valence-electron chi connectivity index (χ4n) is 1.95. The molecule has 0 saturated carbocycles. The van der Waals surface area contributed by atoms with Crippen LogP contribution in [0.2, 0.25) is 0 Å². The third-order valence-electron chi connectivity index (χ3n) is 3.01. The lowest BCUT2D eigenvalue weighted by Gasteiger charge is -2.36. The zero-order valence-electron chi connectivity index (χ0n) is 9.17. The van der Waals surface area contributed by atoms with Gasteiger partial charge >= 0.3 is 0 Å². The molecule has 1 nitrogen and oxygen atoms in total. The minimum Gasteiger partial charge on any atom is -0.387 e. The van der Waals surface area contributed by atoms with Crippen molar-refractivity contribution < 1.29 is 9.50 Å². The number of rotatable bonds is 0. The Bertz CT molecular complexity index is 401. The molecule has 82 valence electrons. The summed E-state index contributed by atoms with van der Waals surface area (Å²) in [5.41, 5.74) is 2.79. The van der Waals surface area contributed by atoms with Crippen LogP contribution < -0.4 is 0 Å². The van der Waals surface area contributed by atoms with E-state index in [1.807, 2.05) is 20.8 Å². The lowest BCUT2D eigenvalue weighted by atomic mass is 9.91. The molecule has 1 atom stereocenters. The first-order valence-electron chi connectivity index (χ1n) is 5.03. The van der Waals surface area contributed by atoms with Gasteiger partial charge in [0.25, 0.3) is 0 Å². The Kier molecular flexibility index (Phi) is 2.55. The minimum atomic E-state index is -0.583. The summed E-state index contributed by atoms with van der Waals surface area (Å²) in [6, 6.07) is 3.00. The first kappa shape index (κ1) is 11.0. The highest BCUT2D eigenvalue weighted by molar-refractivity contribution is 7.99. The van der Waals surface area contributed by atoms with Crippen molar-refractivity contribution in [2.45, 2.75) is 37.4 Å². The fraction of sp³-hybridized carbons (Fsp3) is 0.500. The maximum Gasteiger partial charge on any atom is 0.123 e. The Balaban J connectivity index is 2.56. The number of hydrogen-bond donors (Lipinski definition) is 1. The van der Waals surface area contributed by atoms with E-state index in [1.54, 1.807) is 11.8 Å². The molecule has 3 heteroatoms. The van der Waals surface area contributed by atoms with Gasteiger partial charge in [-0.2, -0.15) is 0 Å². The van der Waals surface area contributed by atoms with E-state index in [2.05, 4.69) is 0 Å². The van der Waals surface area contributed by atoms with Gasteiger partial charge in [-0.3, -0.25) is 0 Å². The van der Waals surface area contributed by atoms with E-state index in [1.165, 1.54) is 12.1 Å². The molecule has 1 aromatic rings. The predicted molar refractivity (Wildman–Crippen MR) is 61.5 cm³/mol. The molecule has 0 spiro atoms. The Morgan fingerprint density at radius 2 is 2.13 bits per heavy atom. The molecule has 15 heavy (non-hydrogen) atoms. The molecule has 0 amide bonds. The number of hydrogen-bond acceptors (Lipinski definition) is 2. The largest absolute Gasteiger partial charge is 0.387 e. The summed E-state index contributed by atoms with van der Waals surface area (Å²) >= 11 is 1.72. The van der Waals surface area contributed by atoms with E-state index in [0.29, 0.717) is 0 Å². The third-order valence-corrected chi connectivity index (χ3v) is 4.41. The molecule has 1 aliphatic rings. The van der Waals surface area contributed by atoms with Crippen molar-refractivity contribution in [1.29, 1.82) is 0 Å². The molecule has 2 rings (SSSR count). The molecule has 0 fully saturated rings. The van der Waals surface area contributed by atoms with Crippen molar-refractivity contribution in [3.8, 4) is 0 Å². The van der Waals surface area contributed by atoms with E-state index in [0.717, 1.165) is 22.4 Å². The van der Waals surface area contributed by atoms with Crippen molar-refractivity contribution in [1.82, 2.24) is 0 Å². The number of fused-ring (bicyclic) bond motifs is 1. The van der Waals surface area contributed by atoms with E-state index in [-0.39, 0.29) is 10.6 Å². The molecule has 0 bridgehead atoms. The van der Waals surface area contributed by atoms with Gasteiger partial charge < -0.3 is 5.11 Å². The van der Waals surface area contributed by atoms with E-state index in [4.69, 9.17) is 0 Å².